The maximum atomic E-state index is 11.6. The van der Waals surface area contributed by atoms with Gasteiger partial charge in [0, 0.05) is 12.2 Å². The van der Waals surface area contributed by atoms with E-state index in [1.54, 1.807) is 24.3 Å². The number of sulfonamides is 1. The van der Waals surface area contributed by atoms with Gasteiger partial charge in [-0.05, 0) is 62.9 Å². The van der Waals surface area contributed by atoms with E-state index >= 15 is 0 Å². The van der Waals surface area contributed by atoms with Gasteiger partial charge < -0.3 is 10.4 Å². The molecule has 5 nitrogen and oxygen atoms in total. The molecule has 0 amide bonds. The van der Waals surface area contributed by atoms with E-state index in [0.717, 1.165) is 37.9 Å². The zero-order chi connectivity index (χ0) is 14.6. The minimum atomic E-state index is -3.36. The van der Waals surface area contributed by atoms with Crippen molar-refractivity contribution < 1.29 is 13.5 Å². The molecule has 1 saturated carbocycles. The molecular formula is C14H22N2O3S. The summed E-state index contributed by atoms with van der Waals surface area (Å²) < 4.78 is 25.5. The number of hydrogen-bond acceptors (Lipinski definition) is 4. The van der Waals surface area contributed by atoms with Crippen molar-refractivity contribution >= 4 is 15.7 Å². The number of aliphatic hydroxyl groups is 1. The van der Waals surface area contributed by atoms with E-state index in [2.05, 4.69) is 10.0 Å². The van der Waals surface area contributed by atoms with Crippen LogP contribution in [0.2, 0.25) is 0 Å². The fourth-order valence-electron chi connectivity index (χ4n) is 2.48. The molecule has 0 unspecified atom stereocenters. The molecule has 3 N–H and O–H groups in total. The van der Waals surface area contributed by atoms with Crippen molar-refractivity contribution in [3.05, 3.63) is 24.3 Å². The highest BCUT2D eigenvalue weighted by Crippen LogP contribution is 2.24. The zero-order valence-electron chi connectivity index (χ0n) is 11.7. The lowest BCUT2D eigenvalue weighted by atomic mass is 9.87. The summed E-state index contributed by atoms with van der Waals surface area (Å²) in [5, 5.41) is 12.8. The molecule has 0 aromatic heterocycles. The molecule has 0 atom stereocenters. The Labute approximate surface area is 120 Å². The summed E-state index contributed by atoms with van der Waals surface area (Å²) in [6.07, 6.45) is 3.72. The van der Waals surface area contributed by atoms with E-state index in [4.69, 9.17) is 0 Å². The highest BCUT2D eigenvalue weighted by molar-refractivity contribution is 7.89. The number of benzene rings is 1. The Morgan fingerprint density at radius 3 is 2.30 bits per heavy atom. The Balaban J connectivity index is 1.88. The number of nitrogens with one attached hydrogen (secondary N) is 2. The summed E-state index contributed by atoms with van der Waals surface area (Å²) in [6.45, 7) is 0.866. The third-order valence-electron chi connectivity index (χ3n) is 3.84. The smallest absolute Gasteiger partial charge is 0.240 e. The molecule has 1 aliphatic carbocycles. The molecule has 0 spiro atoms. The summed E-state index contributed by atoms with van der Waals surface area (Å²) >= 11 is 0. The summed E-state index contributed by atoms with van der Waals surface area (Å²) in [7, 11) is -1.96. The maximum absolute atomic E-state index is 11.6. The van der Waals surface area contributed by atoms with Crippen LogP contribution in [0.1, 0.15) is 25.7 Å². The Morgan fingerprint density at radius 1 is 1.15 bits per heavy atom. The fraction of sp³-hybridized carbons (Fsp3) is 0.571. The molecule has 2 rings (SSSR count). The molecular weight excluding hydrogens is 276 g/mol. The van der Waals surface area contributed by atoms with Gasteiger partial charge in [0.25, 0.3) is 0 Å². The molecule has 0 heterocycles. The van der Waals surface area contributed by atoms with Crippen LogP contribution in [0.15, 0.2) is 29.2 Å². The first-order valence-electron chi connectivity index (χ1n) is 6.97. The molecule has 0 saturated heterocycles. The van der Waals surface area contributed by atoms with E-state index < -0.39 is 10.0 Å². The maximum Gasteiger partial charge on any atom is 0.240 e. The van der Waals surface area contributed by atoms with Crippen molar-refractivity contribution in [2.24, 2.45) is 5.92 Å². The first-order valence-corrected chi connectivity index (χ1v) is 8.45. The van der Waals surface area contributed by atoms with Gasteiger partial charge in [0.05, 0.1) is 11.0 Å². The van der Waals surface area contributed by atoms with Gasteiger partial charge in [0.2, 0.25) is 10.0 Å². The standard InChI is InChI=1S/C14H22N2O3S/c1-15-20(18,19)14-8-4-12(5-9-14)16-10-11-2-6-13(17)7-3-11/h4-5,8-9,11,13,15-17H,2-3,6-7,10H2,1H3. The number of hydrogen-bond donors (Lipinski definition) is 3. The predicted octanol–water partition coefficient (Wildman–Crippen LogP) is 1.56. The van der Waals surface area contributed by atoms with E-state index in [1.165, 1.54) is 7.05 Å². The quantitative estimate of drug-likeness (QED) is 0.771. The molecule has 1 fully saturated rings. The van der Waals surface area contributed by atoms with Crippen molar-refractivity contribution in [3.63, 3.8) is 0 Å². The van der Waals surface area contributed by atoms with Crippen LogP contribution in [0.25, 0.3) is 0 Å². The summed E-state index contributed by atoms with van der Waals surface area (Å²) in [5.74, 6) is 0.583. The minimum Gasteiger partial charge on any atom is -0.393 e. The zero-order valence-corrected chi connectivity index (χ0v) is 12.5. The SMILES string of the molecule is CNS(=O)(=O)c1ccc(NCC2CCC(O)CC2)cc1. The second-order valence-corrected chi connectivity index (χ2v) is 7.17. The number of aliphatic hydroxyl groups excluding tert-OH is 1. The number of anilines is 1. The lowest BCUT2D eigenvalue weighted by molar-refractivity contribution is 0.111. The Hall–Kier alpha value is -1.11. The van der Waals surface area contributed by atoms with Crippen LogP contribution in [0.4, 0.5) is 5.69 Å². The van der Waals surface area contributed by atoms with Crippen molar-refractivity contribution in [2.45, 2.75) is 36.7 Å². The normalized spacial score (nSPS) is 23.5. The molecule has 0 aliphatic heterocycles. The van der Waals surface area contributed by atoms with Crippen LogP contribution >= 0.6 is 0 Å². The Kier molecular flexibility index (Phi) is 5.01. The summed E-state index contributed by atoms with van der Waals surface area (Å²) in [5.41, 5.74) is 0.922. The van der Waals surface area contributed by atoms with E-state index in [-0.39, 0.29) is 11.0 Å². The molecule has 112 valence electrons. The van der Waals surface area contributed by atoms with Crippen LogP contribution in [0.3, 0.4) is 0 Å². The van der Waals surface area contributed by atoms with Crippen LogP contribution in [-0.4, -0.2) is 33.2 Å². The topological polar surface area (TPSA) is 78.4 Å². The van der Waals surface area contributed by atoms with Crippen molar-refractivity contribution in [1.29, 1.82) is 0 Å². The van der Waals surface area contributed by atoms with E-state index in [9.17, 15) is 13.5 Å². The molecule has 1 aromatic rings. The van der Waals surface area contributed by atoms with Gasteiger partial charge in [-0.3, -0.25) is 0 Å². The predicted molar refractivity (Wildman–Crippen MR) is 79.1 cm³/mol. The second kappa shape index (κ2) is 6.56. The van der Waals surface area contributed by atoms with Crippen LogP contribution in [0, 0.1) is 5.92 Å². The second-order valence-electron chi connectivity index (χ2n) is 5.29. The average molecular weight is 298 g/mol. The van der Waals surface area contributed by atoms with Crippen LogP contribution < -0.4 is 10.0 Å². The van der Waals surface area contributed by atoms with E-state index in [1.807, 2.05) is 0 Å². The lowest BCUT2D eigenvalue weighted by Crippen LogP contribution is -2.23. The Bertz CT molecular complexity index is 520. The third-order valence-corrected chi connectivity index (χ3v) is 5.27. The fourth-order valence-corrected chi connectivity index (χ4v) is 3.21. The first kappa shape index (κ1) is 15.3. The minimum absolute atomic E-state index is 0.128. The third kappa shape index (κ3) is 3.94. The summed E-state index contributed by atoms with van der Waals surface area (Å²) in [4.78, 5) is 0.270. The molecule has 20 heavy (non-hydrogen) atoms. The number of rotatable bonds is 5. The monoisotopic (exact) mass is 298 g/mol. The van der Waals surface area contributed by atoms with Gasteiger partial charge in [0.1, 0.15) is 0 Å². The van der Waals surface area contributed by atoms with Gasteiger partial charge >= 0.3 is 0 Å². The van der Waals surface area contributed by atoms with Crippen LogP contribution in [-0.2, 0) is 10.0 Å². The molecule has 0 bridgehead atoms. The van der Waals surface area contributed by atoms with Crippen LogP contribution in [0.5, 0.6) is 0 Å². The molecule has 1 aliphatic rings. The molecule has 0 radical (unpaired) electrons. The van der Waals surface area contributed by atoms with Crippen molar-refractivity contribution in [2.75, 3.05) is 18.9 Å². The Morgan fingerprint density at radius 2 is 1.75 bits per heavy atom. The first-order chi connectivity index (χ1) is 9.51. The highest BCUT2D eigenvalue weighted by Gasteiger charge is 2.19. The van der Waals surface area contributed by atoms with Gasteiger partial charge in [0.15, 0.2) is 0 Å². The summed E-state index contributed by atoms with van der Waals surface area (Å²) in [6, 6.07) is 6.75. The van der Waals surface area contributed by atoms with Gasteiger partial charge in [-0.1, -0.05) is 0 Å². The van der Waals surface area contributed by atoms with E-state index in [0.29, 0.717) is 5.92 Å². The average Bonchev–Trinajstić information content (AvgIpc) is 2.47. The molecule has 6 heteroatoms. The highest BCUT2D eigenvalue weighted by atomic mass is 32.2. The van der Waals surface area contributed by atoms with Crippen molar-refractivity contribution in [1.82, 2.24) is 4.72 Å². The van der Waals surface area contributed by atoms with Gasteiger partial charge in [-0.15, -0.1) is 0 Å². The lowest BCUT2D eigenvalue weighted by Gasteiger charge is -2.25. The van der Waals surface area contributed by atoms with Crippen molar-refractivity contribution in [3.8, 4) is 0 Å². The van der Waals surface area contributed by atoms with Gasteiger partial charge in [-0.2, -0.15) is 0 Å². The largest absolute Gasteiger partial charge is 0.393 e. The molecule has 1 aromatic carbocycles. The van der Waals surface area contributed by atoms with Gasteiger partial charge in [-0.25, -0.2) is 13.1 Å².